The Kier molecular flexibility index (Phi) is 3.42. The van der Waals surface area contributed by atoms with Crippen LogP contribution in [0.1, 0.15) is 6.92 Å². The van der Waals surface area contributed by atoms with Gasteiger partial charge in [-0.15, -0.1) is 0 Å². The van der Waals surface area contributed by atoms with Gasteiger partial charge < -0.3 is 15.0 Å². The summed E-state index contributed by atoms with van der Waals surface area (Å²) in [5.74, 6) is 2.13. The molecule has 1 amide bonds. The van der Waals surface area contributed by atoms with Crippen LogP contribution in [0, 0.1) is 11.8 Å². The average Bonchev–Trinajstić information content (AvgIpc) is 2.99. The Morgan fingerprint density at radius 3 is 2.53 bits per heavy atom. The highest BCUT2D eigenvalue weighted by Crippen LogP contribution is 2.27. The van der Waals surface area contributed by atoms with Crippen LogP contribution < -0.4 is 10.1 Å². The standard InChI is InChI=1S/C15H20N2O2/c1-11(19-14-5-3-2-4-6-14)15(18)17-9-12-7-16-8-13(12)10-17/h2-6,11-13,16H,7-10H2,1H3/t11?,12-,13+. The molecule has 102 valence electrons. The van der Waals surface area contributed by atoms with Crippen molar-refractivity contribution in [1.82, 2.24) is 10.2 Å². The molecule has 0 aromatic heterocycles. The molecule has 3 atom stereocenters. The summed E-state index contributed by atoms with van der Waals surface area (Å²) < 4.78 is 5.70. The predicted molar refractivity (Wildman–Crippen MR) is 73.0 cm³/mol. The third-order valence-electron chi connectivity index (χ3n) is 4.11. The van der Waals surface area contributed by atoms with Gasteiger partial charge in [-0.05, 0) is 30.9 Å². The highest BCUT2D eigenvalue weighted by atomic mass is 16.5. The van der Waals surface area contributed by atoms with Gasteiger partial charge in [-0.3, -0.25) is 4.79 Å². The van der Waals surface area contributed by atoms with Crippen LogP contribution in [0.25, 0.3) is 0 Å². The summed E-state index contributed by atoms with van der Waals surface area (Å²) in [7, 11) is 0. The smallest absolute Gasteiger partial charge is 0.263 e. The topological polar surface area (TPSA) is 41.6 Å². The number of carbonyl (C=O) groups excluding carboxylic acids is 1. The molecule has 2 heterocycles. The zero-order chi connectivity index (χ0) is 13.2. The molecule has 0 spiro atoms. The number of nitrogens with zero attached hydrogens (tertiary/aromatic N) is 1. The minimum Gasteiger partial charge on any atom is -0.481 e. The van der Waals surface area contributed by atoms with Crippen molar-refractivity contribution in [3.8, 4) is 5.75 Å². The minimum absolute atomic E-state index is 0.109. The van der Waals surface area contributed by atoms with E-state index in [1.807, 2.05) is 42.2 Å². The van der Waals surface area contributed by atoms with E-state index in [0.717, 1.165) is 31.9 Å². The highest BCUT2D eigenvalue weighted by molar-refractivity contribution is 5.81. The fraction of sp³-hybridized carbons (Fsp3) is 0.533. The zero-order valence-corrected chi connectivity index (χ0v) is 11.2. The molecule has 0 radical (unpaired) electrons. The molecule has 1 unspecified atom stereocenters. The van der Waals surface area contributed by atoms with Gasteiger partial charge in [0, 0.05) is 26.2 Å². The van der Waals surface area contributed by atoms with Crippen LogP contribution >= 0.6 is 0 Å². The number of fused-ring (bicyclic) bond motifs is 1. The second-order valence-electron chi connectivity index (χ2n) is 5.49. The van der Waals surface area contributed by atoms with Crippen LogP contribution in [-0.2, 0) is 4.79 Å². The van der Waals surface area contributed by atoms with Gasteiger partial charge in [-0.1, -0.05) is 18.2 Å². The van der Waals surface area contributed by atoms with Gasteiger partial charge in [0.05, 0.1) is 0 Å². The molecule has 2 aliphatic heterocycles. The lowest BCUT2D eigenvalue weighted by Crippen LogP contribution is -2.40. The van der Waals surface area contributed by atoms with E-state index in [2.05, 4.69) is 5.32 Å². The molecule has 2 fully saturated rings. The second kappa shape index (κ2) is 5.21. The summed E-state index contributed by atoms with van der Waals surface area (Å²) >= 11 is 0. The van der Waals surface area contributed by atoms with Gasteiger partial charge in [0.1, 0.15) is 5.75 Å². The van der Waals surface area contributed by atoms with Gasteiger partial charge in [0.2, 0.25) is 0 Å². The maximum Gasteiger partial charge on any atom is 0.263 e. The number of para-hydroxylation sites is 1. The first-order chi connectivity index (χ1) is 9.24. The summed E-state index contributed by atoms with van der Waals surface area (Å²) in [4.78, 5) is 14.3. The van der Waals surface area contributed by atoms with Crippen LogP contribution in [0.5, 0.6) is 5.75 Å². The average molecular weight is 260 g/mol. The lowest BCUT2D eigenvalue weighted by molar-refractivity contribution is -0.137. The number of amides is 1. The van der Waals surface area contributed by atoms with Gasteiger partial charge in [-0.2, -0.15) is 0 Å². The molecule has 0 saturated carbocycles. The van der Waals surface area contributed by atoms with Crippen molar-refractivity contribution in [2.45, 2.75) is 13.0 Å². The summed E-state index contributed by atoms with van der Waals surface area (Å²) in [6, 6.07) is 9.53. The maximum atomic E-state index is 12.4. The molecule has 3 rings (SSSR count). The number of hydrogen-bond donors (Lipinski definition) is 1. The second-order valence-corrected chi connectivity index (χ2v) is 5.49. The predicted octanol–water partition coefficient (Wildman–Crippen LogP) is 1.13. The Morgan fingerprint density at radius 1 is 1.26 bits per heavy atom. The van der Waals surface area contributed by atoms with Crippen molar-refractivity contribution in [1.29, 1.82) is 0 Å². The lowest BCUT2D eigenvalue weighted by atomic mass is 10.0. The highest BCUT2D eigenvalue weighted by Gasteiger charge is 2.39. The van der Waals surface area contributed by atoms with E-state index in [9.17, 15) is 4.79 Å². The van der Waals surface area contributed by atoms with E-state index in [0.29, 0.717) is 11.8 Å². The SMILES string of the molecule is CC(Oc1ccccc1)C(=O)N1C[C@H]2CNC[C@H]2C1. The van der Waals surface area contributed by atoms with Crippen LogP contribution in [-0.4, -0.2) is 43.1 Å². The third kappa shape index (κ3) is 2.59. The molecular formula is C15H20N2O2. The zero-order valence-electron chi connectivity index (χ0n) is 11.2. The van der Waals surface area contributed by atoms with E-state index in [4.69, 9.17) is 4.74 Å². The number of benzene rings is 1. The number of carbonyl (C=O) groups is 1. The molecule has 4 nitrogen and oxygen atoms in total. The van der Waals surface area contributed by atoms with Crippen molar-refractivity contribution < 1.29 is 9.53 Å². The van der Waals surface area contributed by atoms with Gasteiger partial charge in [0.25, 0.3) is 5.91 Å². The molecule has 1 aromatic carbocycles. The van der Waals surface area contributed by atoms with Crippen molar-refractivity contribution in [3.63, 3.8) is 0 Å². The molecule has 1 aromatic rings. The Morgan fingerprint density at radius 2 is 1.89 bits per heavy atom. The molecule has 0 bridgehead atoms. The molecule has 4 heteroatoms. The van der Waals surface area contributed by atoms with Crippen LogP contribution in [0.2, 0.25) is 0 Å². The Bertz CT molecular complexity index is 437. The number of nitrogens with one attached hydrogen (secondary N) is 1. The fourth-order valence-corrected chi connectivity index (χ4v) is 3.05. The van der Waals surface area contributed by atoms with Gasteiger partial charge in [-0.25, -0.2) is 0 Å². The third-order valence-corrected chi connectivity index (χ3v) is 4.11. The fourth-order valence-electron chi connectivity index (χ4n) is 3.05. The summed E-state index contributed by atoms with van der Waals surface area (Å²) in [5.41, 5.74) is 0. The van der Waals surface area contributed by atoms with Crippen molar-refractivity contribution in [2.24, 2.45) is 11.8 Å². The van der Waals surface area contributed by atoms with Crippen molar-refractivity contribution in [3.05, 3.63) is 30.3 Å². The number of likely N-dealkylation sites (tertiary alicyclic amines) is 1. The normalized spacial score (nSPS) is 27.1. The lowest BCUT2D eigenvalue weighted by Gasteiger charge is -2.22. The maximum absolute atomic E-state index is 12.4. The Balaban J connectivity index is 1.58. The number of ether oxygens (including phenoxy) is 1. The van der Waals surface area contributed by atoms with Crippen LogP contribution in [0.4, 0.5) is 0 Å². The largest absolute Gasteiger partial charge is 0.481 e. The summed E-state index contributed by atoms with van der Waals surface area (Å²) in [6.45, 7) is 5.67. The number of hydrogen-bond acceptors (Lipinski definition) is 3. The first-order valence-electron chi connectivity index (χ1n) is 6.95. The molecule has 19 heavy (non-hydrogen) atoms. The van der Waals surface area contributed by atoms with E-state index >= 15 is 0 Å². The van der Waals surface area contributed by atoms with Gasteiger partial charge in [0.15, 0.2) is 6.10 Å². The molecule has 1 N–H and O–H groups in total. The minimum atomic E-state index is -0.408. The molecule has 2 aliphatic rings. The van der Waals surface area contributed by atoms with E-state index in [1.54, 1.807) is 0 Å². The quantitative estimate of drug-likeness (QED) is 0.886. The van der Waals surface area contributed by atoms with Crippen LogP contribution in [0.3, 0.4) is 0 Å². The van der Waals surface area contributed by atoms with E-state index < -0.39 is 6.10 Å². The first kappa shape index (κ1) is 12.5. The Hall–Kier alpha value is -1.55. The first-order valence-corrected chi connectivity index (χ1v) is 6.95. The monoisotopic (exact) mass is 260 g/mol. The van der Waals surface area contributed by atoms with Crippen LogP contribution in [0.15, 0.2) is 30.3 Å². The van der Waals surface area contributed by atoms with E-state index in [1.165, 1.54) is 0 Å². The van der Waals surface area contributed by atoms with Crippen molar-refractivity contribution in [2.75, 3.05) is 26.2 Å². The van der Waals surface area contributed by atoms with Gasteiger partial charge >= 0.3 is 0 Å². The summed E-state index contributed by atoms with van der Waals surface area (Å²) in [5, 5.41) is 3.38. The molecule has 0 aliphatic carbocycles. The summed E-state index contributed by atoms with van der Waals surface area (Å²) in [6.07, 6.45) is -0.408. The van der Waals surface area contributed by atoms with Crippen molar-refractivity contribution >= 4 is 5.91 Å². The molecule has 2 saturated heterocycles. The number of rotatable bonds is 3. The molecular weight excluding hydrogens is 240 g/mol. The Labute approximate surface area is 113 Å². The van der Waals surface area contributed by atoms with E-state index in [-0.39, 0.29) is 5.91 Å².